The highest BCUT2D eigenvalue weighted by atomic mass is 32.2. The minimum atomic E-state index is -3.46. The first kappa shape index (κ1) is 15.9. The smallest absolute Gasteiger partial charge is 0.254 e. The van der Waals surface area contributed by atoms with E-state index in [4.69, 9.17) is 4.74 Å². The van der Waals surface area contributed by atoms with Gasteiger partial charge in [0, 0.05) is 32.7 Å². The van der Waals surface area contributed by atoms with Crippen LogP contribution >= 0.6 is 0 Å². The average Bonchev–Trinajstić information content (AvgIpc) is 2.46. The summed E-state index contributed by atoms with van der Waals surface area (Å²) in [5, 5.41) is 0. The molecule has 2 rings (SSSR count). The molecule has 0 aromatic heterocycles. The molecule has 1 aliphatic rings. The van der Waals surface area contributed by atoms with Gasteiger partial charge in [-0.2, -0.15) is 0 Å². The minimum Gasteiger partial charge on any atom is -0.375 e. The average molecular weight is 312 g/mol. The Morgan fingerprint density at radius 3 is 2.43 bits per heavy atom. The first-order valence-electron chi connectivity index (χ1n) is 6.76. The zero-order valence-electron chi connectivity index (χ0n) is 12.4. The van der Waals surface area contributed by atoms with Gasteiger partial charge in [0.25, 0.3) is 5.91 Å². The molecule has 0 radical (unpaired) electrons. The number of benzene rings is 1. The molecule has 6 nitrogen and oxygen atoms in total. The van der Waals surface area contributed by atoms with Crippen LogP contribution in [-0.4, -0.2) is 63.4 Å². The van der Waals surface area contributed by atoms with Gasteiger partial charge in [0.1, 0.15) is 0 Å². The number of nitrogens with zero attached hydrogens (tertiary/aromatic N) is 2. The highest BCUT2D eigenvalue weighted by molar-refractivity contribution is 7.89. The third-order valence-corrected chi connectivity index (χ3v) is 5.24. The Morgan fingerprint density at radius 2 is 1.90 bits per heavy atom. The zero-order chi connectivity index (χ0) is 15.6. The van der Waals surface area contributed by atoms with Crippen molar-refractivity contribution in [3.8, 4) is 0 Å². The highest BCUT2D eigenvalue weighted by Gasteiger charge is 2.23. The number of amides is 1. The van der Waals surface area contributed by atoms with Crippen LogP contribution in [0.3, 0.4) is 0 Å². The van der Waals surface area contributed by atoms with Crippen LogP contribution in [0.1, 0.15) is 17.3 Å². The van der Waals surface area contributed by atoms with Crippen molar-refractivity contribution in [2.45, 2.75) is 17.9 Å². The van der Waals surface area contributed by atoms with E-state index in [1.165, 1.54) is 26.2 Å². The highest BCUT2D eigenvalue weighted by Crippen LogP contribution is 2.16. The maximum absolute atomic E-state index is 12.4. The topological polar surface area (TPSA) is 66.9 Å². The number of morpholine rings is 1. The summed E-state index contributed by atoms with van der Waals surface area (Å²) < 4.78 is 30.5. The van der Waals surface area contributed by atoms with Gasteiger partial charge in [0.2, 0.25) is 10.0 Å². The number of ether oxygens (including phenoxy) is 1. The molecule has 0 N–H and O–H groups in total. The van der Waals surface area contributed by atoms with Gasteiger partial charge < -0.3 is 9.64 Å². The fourth-order valence-corrected chi connectivity index (χ4v) is 3.07. The molecule has 1 unspecified atom stereocenters. The van der Waals surface area contributed by atoms with Crippen LogP contribution in [0.15, 0.2) is 29.2 Å². The van der Waals surface area contributed by atoms with E-state index in [1.54, 1.807) is 17.0 Å². The van der Waals surface area contributed by atoms with E-state index >= 15 is 0 Å². The summed E-state index contributed by atoms with van der Waals surface area (Å²) in [7, 11) is -0.513. The van der Waals surface area contributed by atoms with E-state index in [2.05, 4.69) is 0 Å². The third-order valence-electron chi connectivity index (χ3n) is 3.41. The molecule has 0 aliphatic carbocycles. The lowest BCUT2D eigenvalue weighted by molar-refractivity contribution is -0.0124. The molecule has 1 amide bonds. The Hall–Kier alpha value is -1.44. The molecule has 1 fully saturated rings. The van der Waals surface area contributed by atoms with E-state index in [1.807, 2.05) is 6.92 Å². The number of hydrogen-bond donors (Lipinski definition) is 0. The van der Waals surface area contributed by atoms with Crippen molar-refractivity contribution in [3.63, 3.8) is 0 Å². The van der Waals surface area contributed by atoms with Crippen LogP contribution in [0.4, 0.5) is 0 Å². The Labute approximate surface area is 125 Å². The SMILES string of the molecule is CC1CN(C(=O)c2ccc(S(=O)(=O)N(C)C)cc2)CCO1. The molecule has 21 heavy (non-hydrogen) atoms. The zero-order valence-corrected chi connectivity index (χ0v) is 13.3. The molecule has 116 valence electrons. The number of carbonyl (C=O) groups is 1. The summed E-state index contributed by atoms with van der Waals surface area (Å²) in [6.07, 6.45) is 0.0242. The van der Waals surface area contributed by atoms with Crippen molar-refractivity contribution < 1.29 is 17.9 Å². The molecule has 1 aromatic rings. The molecule has 7 heteroatoms. The predicted octanol–water partition coefficient (Wildman–Crippen LogP) is 0.798. The van der Waals surface area contributed by atoms with Crippen LogP contribution in [0.25, 0.3) is 0 Å². The quantitative estimate of drug-likeness (QED) is 0.828. The first-order chi connectivity index (χ1) is 9.82. The van der Waals surface area contributed by atoms with E-state index in [0.29, 0.717) is 25.3 Å². The van der Waals surface area contributed by atoms with E-state index < -0.39 is 10.0 Å². The lowest BCUT2D eigenvalue weighted by Crippen LogP contribution is -2.44. The Morgan fingerprint density at radius 1 is 1.29 bits per heavy atom. The summed E-state index contributed by atoms with van der Waals surface area (Å²) >= 11 is 0. The molecular weight excluding hydrogens is 292 g/mol. The molecule has 1 heterocycles. The Kier molecular flexibility index (Phi) is 4.65. The van der Waals surface area contributed by atoms with Gasteiger partial charge in [-0.3, -0.25) is 4.79 Å². The number of rotatable bonds is 3. The molecule has 1 aromatic carbocycles. The van der Waals surface area contributed by atoms with Crippen molar-refractivity contribution in [1.29, 1.82) is 0 Å². The van der Waals surface area contributed by atoms with Gasteiger partial charge in [0.05, 0.1) is 17.6 Å². The number of hydrogen-bond acceptors (Lipinski definition) is 4. The largest absolute Gasteiger partial charge is 0.375 e. The molecule has 1 aliphatic heterocycles. The lowest BCUT2D eigenvalue weighted by atomic mass is 10.2. The summed E-state index contributed by atoms with van der Waals surface area (Å²) in [4.78, 5) is 14.3. The fraction of sp³-hybridized carbons (Fsp3) is 0.500. The second-order valence-corrected chi connectivity index (χ2v) is 7.40. The summed E-state index contributed by atoms with van der Waals surface area (Å²) in [5.74, 6) is -0.0982. The molecule has 0 saturated carbocycles. The van der Waals surface area contributed by atoms with Crippen LogP contribution in [-0.2, 0) is 14.8 Å². The standard InChI is InChI=1S/C14H20N2O4S/c1-11-10-16(8-9-20-11)14(17)12-4-6-13(7-5-12)21(18,19)15(2)3/h4-7,11H,8-10H2,1-3H3. The predicted molar refractivity (Wildman–Crippen MR) is 78.6 cm³/mol. The van der Waals surface area contributed by atoms with Gasteiger partial charge in [-0.15, -0.1) is 0 Å². The second-order valence-electron chi connectivity index (χ2n) is 5.24. The van der Waals surface area contributed by atoms with Gasteiger partial charge in [-0.25, -0.2) is 12.7 Å². The molecular formula is C14H20N2O4S. The van der Waals surface area contributed by atoms with Gasteiger partial charge in [-0.1, -0.05) is 0 Å². The lowest BCUT2D eigenvalue weighted by Gasteiger charge is -2.31. The Balaban J connectivity index is 2.17. The molecule has 0 spiro atoms. The van der Waals surface area contributed by atoms with Crippen molar-refractivity contribution in [2.75, 3.05) is 33.8 Å². The van der Waals surface area contributed by atoms with E-state index in [-0.39, 0.29) is 16.9 Å². The van der Waals surface area contributed by atoms with Gasteiger partial charge in [0.15, 0.2) is 0 Å². The van der Waals surface area contributed by atoms with Crippen LogP contribution in [0.2, 0.25) is 0 Å². The maximum atomic E-state index is 12.4. The van der Waals surface area contributed by atoms with Crippen LogP contribution in [0, 0.1) is 0 Å². The molecule has 1 atom stereocenters. The van der Waals surface area contributed by atoms with Crippen molar-refractivity contribution in [3.05, 3.63) is 29.8 Å². The summed E-state index contributed by atoms with van der Waals surface area (Å²) in [5.41, 5.74) is 0.488. The third kappa shape index (κ3) is 3.42. The van der Waals surface area contributed by atoms with Crippen molar-refractivity contribution in [1.82, 2.24) is 9.21 Å². The maximum Gasteiger partial charge on any atom is 0.254 e. The van der Waals surface area contributed by atoms with Crippen molar-refractivity contribution >= 4 is 15.9 Å². The first-order valence-corrected chi connectivity index (χ1v) is 8.20. The number of sulfonamides is 1. The minimum absolute atomic E-state index is 0.0242. The van der Waals surface area contributed by atoms with Crippen molar-refractivity contribution in [2.24, 2.45) is 0 Å². The van der Waals surface area contributed by atoms with Gasteiger partial charge >= 0.3 is 0 Å². The van der Waals surface area contributed by atoms with Crippen LogP contribution in [0.5, 0.6) is 0 Å². The summed E-state index contributed by atoms with van der Waals surface area (Å²) in [6.45, 7) is 3.56. The van der Waals surface area contributed by atoms with Crippen LogP contribution < -0.4 is 0 Å². The molecule has 1 saturated heterocycles. The van der Waals surface area contributed by atoms with E-state index in [9.17, 15) is 13.2 Å². The fourth-order valence-electron chi connectivity index (χ4n) is 2.17. The second kappa shape index (κ2) is 6.13. The van der Waals surface area contributed by atoms with E-state index in [0.717, 1.165) is 4.31 Å². The summed E-state index contributed by atoms with van der Waals surface area (Å²) in [6, 6.07) is 6.04. The number of carbonyl (C=O) groups excluding carboxylic acids is 1. The normalized spacial score (nSPS) is 19.8. The van der Waals surface area contributed by atoms with Gasteiger partial charge in [-0.05, 0) is 31.2 Å². The monoisotopic (exact) mass is 312 g/mol. The Bertz CT molecular complexity index is 610. The molecule has 0 bridgehead atoms.